The van der Waals surface area contributed by atoms with Crippen LogP contribution in [0.4, 0.5) is 16.6 Å². The van der Waals surface area contributed by atoms with Crippen LogP contribution in [0.5, 0.6) is 17.2 Å². The number of thiazole rings is 1. The molecule has 0 fully saturated rings. The van der Waals surface area contributed by atoms with Crippen LogP contribution in [0.3, 0.4) is 0 Å². The molecular weight excluding hydrogens is 418 g/mol. The van der Waals surface area contributed by atoms with Gasteiger partial charge in [0.05, 0.1) is 31.5 Å². The molecule has 0 saturated heterocycles. The zero-order valence-electron chi connectivity index (χ0n) is 17.0. The predicted octanol–water partition coefficient (Wildman–Crippen LogP) is 4.11. The Morgan fingerprint density at radius 3 is 2.42 bits per heavy atom. The van der Waals surface area contributed by atoms with Crippen molar-refractivity contribution in [3.63, 3.8) is 0 Å². The van der Waals surface area contributed by atoms with Gasteiger partial charge >= 0.3 is 0 Å². The molecule has 0 aliphatic heterocycles. The minimum Gasteiger partial charge on any atom is -0.493 e. The molecule has 0 bridgehead atoms. The van der Waals surface area contributed by atoms with Crippen molar-refractivity contribution in [2.75, 3.05) is 32.0 Å². The quantitative estimate of drug-likeness (QED) is 0.445. The predicted molar refractivity (Wildman–Crippen MR) is 119 cm³/mol. The number of methoxy groups -OCH3 is 3. The number of ether oxygens (including phenoxy) is 3. The summed E-state index contributed by atoms with van der Waals surface area (Å²) in [7, 11) is 4.57. The Morgan fingerprint density at radius 1 is 1.00 bits per heavy atom. The summed E-state index contributed by atoms with van der Waals surface area (Å²) >= 11 is 1.43. The number of carbonyl (C=O) groups is 1. The van der Waals surface area contributed by atoms with Gasteiger partial charge in [-0.15, -0.1) is 0 Å². The molecule has 9 nitrogen and oxygen atoms in total. The normalized spacial score (nSPS) is 10.5. The van der Waals surface area contributed by atoms with Gasteiger partial charge in [-0.05, 0) is 24.3 Å². The van der Waals surface area contributed by atoms with E-state index in [9.17, 15) is 4.79 Å². The third-order valence-corrected chi connectivity index (χ3v) is 5.32. The third-order valence-electron chi connectivity index (χ3n) is 4.39. The van der Waals surface area contributed by atoms with Crippen LogP contribution >= 0.6 is 11.3 Å². The molecule has 2 heterocycles. The average Bonchev–Trinajstić information content (AvgIpc) is 3.20. The van der Waals surface area contributed by atoms with Crippen molar-refractivity contribution in [2.45, 2.75) is 0 Å². The van der Waals surface area contributed by atoms with Crippen molar-refractivity contribution in [1.29, 1.82) is 0 Å². The molecule has 4 rings (SSSR count). The standard InChI is InChI=1S/C21H19N5O4S/c1-28-15-9-13(10-16(29-2)19(15)30-3)24-20(27)12-4-5-14-17(8-12)31-21(25-14)26-18-6-7-22-11-23-18/h4-11H,1-3H3,(H,24,27)(H,22,23,25,26). The van der Waals surface area contributed by atoms with Crippen LogP contribution in [0.15, 0.2) is 48.9 Å². The van der Waals surface area contributed by atoms with Crippen LogP contribution in [0.25, 0.3) is 10.2 Å². The van der Waals surface area contributed by atoms with Crippen LogP contribution < -0.4 is 24.8 Å². The van der Waals surface area contributed by atoms with E-state index in [0.717, 1.165) is 10.2 Å². The number of carbonyl (C=O) groups excluding carboxylic acids is 1. The van der Waals surface area contributed by atoms with Crippen molar-refractivity contribution in [3.8, 4) is 17.2 Å². The smallest absolute Gasteiger partial charge is 0.255 e. The number of fused-ring (bicyclic) bond motifs is 1. The molecule has 0 spiro atoms. The van der Waals surface area contributed by atoms with Gasteiger partial charge in [-0.25, -0.2) is 15.0 Å². The summed E-state index contributed by atoms with van der Waals surface area (Å²) in [6.45, 7) is 0. The summed E-state index contributed by atoms with van der Waals surface area (Å²) in [6.07, 6.45) is 3.11. The molecule has 0 aliphatic carbocycles. The molecule has 2 aromatic heterocycles. The molecule has 0 atom stereocenters. The van der Waals surface area contributed by atoms with Gasteiger partial charge in [-0.3, -0.25) is 4.79 Å². The highest BCUT2D eigenvalue weighted by Gasteiger charge is 2.16. The van der Waals surface area contributed by atoms with Crippen molar-refractivity contribution in [3.05, 3.63) is 54.5 Å². The highest BCUT2D eigenvalue weighted by molar-refractivity contribution is 7.22. The monoisotopic (exact) mass is 437 g/mol. The van der Waals surface area contributed by atoms with E-state index in [4.69, 9.17) is 14.2 Å². The van der Waals surface area contributed by atoms with Gasteiger partial charge in [0.1, 0.15) is 12.1 Å². The summed E-state index contributed by atoms with van der Waals surface area (Å²) in [5, 5.41) is 6.68. The van der Waals surface area contributed by atoms with Gasteiger partial charge in [-0.1, -0.05) is 11.3 Å². The number of nitrogens with one attached hydrogen (secondary N) is 2. The van der Waals surface area contributed by atoms with Gasteiger partial charge < -0.3 is 24.8 Å². The van der Waals surface area contributed by atoms with E-state index >= 15 is 0 Å². The number of nitrogens with zero attached hydrogens (tertiary/aromatic N) is 3. The van der Waals surface area contributed by atoms with E-state index in [1.807, 2.05) is 0 Å². The number of anilines is 3. The van der Waals surface area contributed by atoms with Crippen LogP contribution in [-0.4, -0.2) is 42.2 Å². The van der Waals surface area contributed by atoms with Gasteiger partial charge in [0.25, 0.3) is 5.91 Å². The van der Waals surface area contributed by atoms with Gasteiger partial charge in [0, 0.05) is 29.6 Å². The van der Waals surface area contributed by atoms with E-state index in [0.29, 0.717) is 39.4 Å². The number of hydrogen-bond donors (Lipinski definition) is 2. The summed E-state index contributed by atoms with van der Waals surface area (Å²) in [6, 6.07) is 10.4. The molecule has 31 heavy (non-hydrogen) atoms. The Hall–Kier alpha value is -3.92. The third kappa shape index (κ3) is 4.33. The SMILES string of the molecule is COc1cc(NC(=O)c2ccc3nc(Nc4ccncn4)sc3c2)cc(OC)c1OC. The highest BCUT2D eigenvalue weighted by atomic mass is 32.1. The Balaban J connectivity index is 1.56. The fourth-order valence-electron chi connectivity index (χ4n) is 2.95. The van der Waals surface area contributed by atoms with Crippen molar-refractivity contribution >= 4 is 44.1 Å². The van der Waals surface area contributed by atoms with Crippen molar-refractivity contribution in [2.24, 2.45) is 0 Å². The molecular formula is C21H19N5O4S. The number of aromatic nitrogens is 3. The number of benzene rings is 2. The number of rotatable bonds is 7. The summed E-state index contributed by atoms with van der Waals surface area (Å²) < 4.78 is 16.9. The second-order valence-electron chi connectivity index (χ2n) is 6.29. The molecule has 4 aromatic rings. The maximum absolute atomic E-state index is 12.8. The van der Waals surface area contributed by atoms with Gasteiger partial charge in [-0.2, -0.15) is 0 Å². The lowest BCUT2D eigenvalue weighted by Crippen LogP contribution is -2.12. The highest BCUT2D eigenvalue weighted by Crippen LogP contribution is 2.40. The minimum atomic E-state index is -0.269. The van der Waals surface area contributed by atoms with E-state index in [1.54, 1.807) is 42.6 Å². The lowest BCUT2D eigenvalue weighted by Gasteiger charge is -2.14. The zero-order chi connectivity index (χ0) is 21.8. The Labute approximate surface area is 182 Å². The summed E-state index contributed by atoms with van der Waals surface area (Å²) in [4.78, 5) is 25.4. The summed E-state index contributed by atoms with van der Waals surface area (Å²) in [5.74, 6) is 1.74. The summed E-state index contributed by atoms with van der Waals surface area (Å²) in [5.41, 5.74) is 1.80. The molecule has 0 saturated carbocycles. The average molecular weight is 437 g/mol. The van der Waals surface area contributed by atoms with Crippen LogP contribution in [0, 0.1) is 0 Å². The Morgan fingerprint density at radius 2 is 1.77 bits per heavy atom. The Bertz CT molecular complexity index is 1200. The zero-order valence-corrected chi connectivity index (χ0v) is 17.8. The van der Waals surface area contributed by atoms with Crippen LogP contribution in [0.1, 0.15) is 10.4 Å². The first-order valence-electron chi connectivity index (χ1n) is 9.16. The molecule has 0 radical (unpaired) electrons. The largest absolute Gasteiger partial charge is 0.493 e. The first-order chi connectivity index (χ1) is 15.1. The molecule has 10 heteroatoms. The molecule has 158 valence electrons. The Kier molecular flexibility index (Phi) is 5.80. The lowest BCUT2D eigenvalue weighted by atomic mass is 10.2. The van der Waals surface area contributed by atoms with Crippen LogP contribution in [0.2, 0.25) is 0 Å². The fraction of sp³-hybridized carbons (Fsp3) is 0.143. The molecule has 2 aromatic carbocycles. The van der Waals surface area contributed by atoms with E-state index in [2.05, 4.69) is 25.6 Å². The molecule has 2 N–H and O–H groups in total. The number of amides is 1. The molecule has 0 aliphatic rings. The minimum absolute atomic E-state index is 0.269. The van der Waals surface area contributed by atoms with Crippen molar-refractivity contribution in [1.82, 2.24) is 15.0 Å². The second kappa shape index (κ2) is 8.84. The lowest BCUT2D eigenvalue weighted by molar-refractivity contribution is 0.102. The second-order valence-corrected chi connectivity index (χ2v) is 7.32. The van der Waals surface area contributed by atoms with E-state index < -0.39 is 0 Å². The first kappa shape index (κ1) is 20.4. The maximum Gasteiger partial charge on any atom is 0.255 e. The fourth-order valence-corrected chi connectivity index (χ4v) is 3.86. The molecule has 1 amide bonds. The van der Waals surface area contributed by atoms with Gasteiger partial charge in [0.2, 0.25) is 5.75 Å². The first-order valence-corrected chi connectivity index (χ1v) is 9.98. The van der Waals surface area contributed by atoms with E-state index in [-0.39, 0.29) is 5.91 Å². The topological polar surface area (TPSA) is 107 Å². The van der Waals surface area contributed by atoms with Crippen LogP contribution in [-0.2, 0) is 0 Å². The van der Waals surface area contributed by atoms with E-state index in [1.165, 1.54) is 39.0 Å². The number of hydrogen-bond acceptors (Lipinski definition) is 9. The maximum atomic E-state index is 12.8. The van der Waals surface area contributed by atoms with Crippen molar-refractivity contribution < 1.29 is 19.0 Å². The van der Waals surface area contributed by atoms with Gasteiger partial charge in [0.15, 0.2) is 16.6 Å². The molecule has 0 unspecified atom stereocenters.